The molecule has 0 aliphatic rings. The molecule has 2 nitrogen and oxygen atoms in total. The fourth-order valence-corrected chi connectivity index (χ4v) is 1.69. The van der Waals surface area contributed by atoms with Gasteiger partial charge in [0.2, 0.25) is 0 Å². The Balaban J connectivity index is 2.98. The van der Waals surface area contributed by atoms with Crippen LogP contribution in [-0.2, 0) is 7.05 Å². The van der Waals surface area contributed by atoms with Gasteiger partial charge in [0.05, 0.1) is 0 Å². The van der Waals surface area contributed by atoms with Crippen molar-refractivity contribution in [1.82, 2.24) is 4.57 Å². The summed E-state index contributed by atoms with van der Waals surface area (Å²) in [4.78, 5) is 11.8. The number of aryl methyl sites for hydroxylation is 1. The minimum atomic E-state index is 0.0247. The number of pyridine rings is 1. The zero-order chi connectivity index (χ0) is 10.3. The summed E-state index contributed by atoms with van der Waals surface area (Å²) in [6.45, 7) is 1.90. The lowest BCUT2D eigenvalue weighted by atomic mass is 10.1. The molecular weight excluding hydrogens is 198 g/mol. The molecule has 2 rings (SSSR count). The van der Waals surface area contributed by atoms with Crippen LogP contribution in [-0.4, -0.2) is 4.57 Å². The molecule has 0 N–H and O–H groups in total. The third kappa shape index (κ3) is 1.32. The van der Waals surface area contributed by atoms with Gasteiger partial charge in [-0.15, -0.1) is 0 Å². The standard InChI is InChI=1S/C11H10ClNO/c1-7-5-8-6-9(12)3-4-10(8)11(14)13(7)2/h3-6H,1-2H3. The molecule has 0 saturated carbocycles. The Morgan fingerprint density at radius 1 is 1.29 bits per heavy atom. The van der Waals surface area contributed by atoms with E-state index >= 15 is 0 Å². The minimum absolute atomic E-state index is 0.0247. The van der Waals surface area contributed by atoms with Gasteiger partial charge in [-0.3, -0.25) is 4.79 Å². The monoisotopic (exact) mass is 207 g/mol. The molecule has 0 bridgehead atoms. The molecule has 1 heterocycles. The van der Waals surface area contributed by atoms with E-state index in [4.69, 9.17) is 11.6 Å². The Morgan fingerprint density at radius 3 is 2.71 bits per heavy atom. The maximum Gasteiger partial charge on any atom is 0.258 e. The van der Waals surface area contributed by atoms with Crippen LogP contribution in [0.5, 0.6) is 0 Å². The summed E-state index contributed by atoms with van der Waals surface area (Å²) >= 11 is 5.85. The number of fused-ring (bicyclic) bond motifs is 1. The zero-order valence-corrected chi connectivity index (χ0v) is 8.80. The second-order valence-electron chi connectivity index (χ2n) is 3.38. The number of hydrogen-bond donors (Lipinski definition) is 0. The molecule has 0 unspecified atom stereocenters. The van der Waals surface area contributed by atoms with E-state index in [2.05, 4.69) is 0 Å². The summed E-state index contributed by atoms with van der Waals surface area (Å²) < 4.78 is 1.64. The van der Waals surface area contributed by atoms with E-state index in [0.29, 0.717) is 10.4 Å². The molecule has 3 heteroatoms. The average molecular weight is 208 g/mol. The molecule has 1 aromatic heterocycles. The number of hydrogen-bond acceptors (Lipinski definition) is 1. The smallest absolute Gasteiger partial charge is 0.258 e. The first-order valence-electron chi connectivity index (χ1n) is 4.35. The lowest BCUT2D eigenvalue weighted by Crippen LogP contribution is -2.18. The van der Waals surface area contributed by atoms with Gasteiger partial charge >= 0.3 is 0 Å². The lowest BCUT2D eigenvalue weighted by molar-refractivity contribution is 0.830. The summed E-state index contributed by atoms with van der Waals surface area (Å²) in [7, 11) is 1.77. The lowest BCUT2D eigenvalue weighted by Gasteiger charge is -2.05. The predicted octanol–water partition coefficient (Wildman–Crippen LogP) is 2.50. The van der Waals surface area contributed by atoms with Crippen molar-refractivity contribution in [1.29, 1.82) is 0 Å². The second kappa shape index (κ2) is 3.14. The van der Waals surface area contributed by atoms with Gasteiger partial charge in [0.25, 0.3) is 5.56 Å². The summed E-state index contributed by atoms with van der Waals surface area (Å²) in [5, 5.41) is 2.27. The Morgan fingerprint density at radius 2 is 2.00 bits per heavy atom. The van der Waals surface area contributed by atoms with E-state index in [1.54, 1.807) is 23.7 Å². The summed E-state index contributed by atoms with van der Waals surface area (Å²) in [5.74, 6) is 0. The van der Waals surface area contributed by atoms with Crippen LogP contribution in [0.15, 0.2) is 29.1 Å². The predicted molar refractivity (Wildman–Crippen MR) is 58.9 cm³/mol. The van der Waals surface area contributed by atoms with Gasteiger partial charge in [-0.1, -0.05) is 11.6 Å². The number of nitrogens with zero attached hydrogens (tertiary/aromatic N) is 1. The van der Waals surface area contributed by atoms with Crippen LogP contribution < -0.4 is 5.56 Å². The molecule has 14 heavy (non-hydrogen) atoms. The Bertz CT molecular complexity index is 557. The van der Waals surface area contributed by atoms with Crippen LogP contribution in [0, 0.1) is 6.92 Å². The molecule has 0 saturated heterocycles. The largest absolute Gasteiger partial charge is 0.315 e. The van der Waals surface area contributed by atoms with Gasteiger partial charge in [0, 0.05) is 23.2 Å². The van der Waals surface area contributed by atoms with Gasteiger partial charge in [-0.2, -0.15) is 0 Å². The van der Waals surface area contributed by atoms with E-state index < -0.39 is 0 Å². The highest BCUT2D eigenvalue weighted by atomic mass is 35.5. The highest BCUT2D eigenvalue weighted by molar-refractivity contribution is 6.31. The molecule has 0 aliphatic heterocycles. The van der Waals surface area contributed by atoms with Gasteiger partial charge in [0.1, 0.15) is 0 Å². The van der Waals surface area contributed by atoms with Crippen LogP contribution in [0.3, 0.4) is 0 Å². The number of benzene rings is 1. The minimum Gasteiger partial charge on any atom is -0.315 e. The van der Waals surface area contributed by atoms with Crippen molar-refractivity contribution < 1.29 is 0 Å². The molecule has 0 atom stereocenters. The molecule has 0 aliphatic carbocycles. The number of rotatable bonds is 0. The van der Waals surface area contributed by atoms with Gasteiger partial charge in [-0.05, 0) is 36.6 Å². The van der Waals surface area contributed by atoms with Crippen LogP contribution >= 0.6 is 11.6 Å². The molecule has 72 valence electrons. The molecule has 0 amide bonds. The maximum absolute atomic E-state index is 11.8. The third-order valence-corrected chi connectivity index (χ3v) is 2.68. The van der Waals surface area contributed by atoms with Crippen molar-refractivity contribution in [3.8, 4) is 0 Å². The van der Waals surface area contributed by atoms with E-state index in [-0.39, 0.29) is 5.56 Å². The number of aromatic nitrogens is 1. The molecular formula is C11H10ClNO. The third-order valence-electron chi connectivity index (χ3n) is 2.44. The van der Waals surface area contributed by atoms with Crippen molar-refractivity contribution in [2.24, 2.45) is 7.05 Å². The van der Waals surface area contributed by atoms with Gasteiger partial charge < -0.3 is 4.57 Å². The van der Waals surface area contributed by atoms with Gasteiger partial charge in [0.15, 0.2) is 0 Å². The molecule has 0 fully saturated rings. The zero-order valence-electron chi connectivity index (χ0n) is 8.04. The van der Waals surface area contributed by atoms with E-state index in [0.717, 1.165) is 11.1 Å². The topological polar surface area (TPSA) is 22.0 Å². The van der Waals surface area contributed by atoms with E-state index in [1.165, 1.54) is 0 Å². The summed E-state index contributed by atoms with van der Waals surface area (Å²) in [5.41, 5.74) is 0.960. The van der Waals surface area contributed by atoms with Crippen molar-refractivity contribution in [3.63, 3.8) is 0 Å². The van der Waals surface area contributed by atoms with Crippen molar-refractivity contribution in [3.05, 3.63) is 45.3 Å². The number of halogens is 1. The quantitative estimate of drug-likeness (QED) is 0.651. The van der Waals surface area contributed by atoms with Crippen LogP contribution in [0.2, 0.25) is 5.02 Å². The Labute approximate surface area is 86.7 Å². The maximum atomic E-state index is 11.8. The molecule has 0 radical (unpaired) electrons. The molecule has 0 spiro atoms. The Kier molecular flexibility index (Phi) is 2.08. The van der Waals surface area contributed by atoms with Crippen LogP contribution in [0.1, 0.15) is 5.69 Å². The van der Waals surface area contributed by atoms with Gasteiger partial charge in [-0.25, -0.2) is 0 Å². The summed E-state index contributed by atoms with van der Waals surface area (Å²) in [6.07, 6.45) is 0. The van der Waals surface area contributed by atoms with E-state index in [1.807, 2.05) is 19.1 Å². The average Bonchev–Trinajstić information content (AvgIpc) is 2.14. The highest BCUT2D eigenvalue weighted by Gasteiger charge is 2.03. The first-order valence-corrected chi connectivity index (χ1v) is 4.73. The SMILES string of the molecule is Cc1cc2cc(Cl)ccc2c(=O)n1C. The first kappa shape index (κ1) is 9.28. The molecule has 1 aromatic carbocycles. The fourth-order valence-electron chi connectivity index (χ4n) is 1.51. The normalized spacial score (nSPS) is 10.8. The van der Waals surface area contributed by atoms with Crippen LogP contribution in [0.4, 0.5) is 0 Å². The van der Waals surface area contributed by atoms with Crippen LogP contribution in [0.25, 0.3) is 10.8 Å². The van der Waals surface area contributed by atoms with Crippen molar-refractivity contribution >= 4 is 22.4 Å². The molecule has 2 aromatic rings. The van der Waals surface area contributed by atoms with Crippen molar-refractivity contribution in [2.45, 2.75) is 6.92 Å². The van der Waals surface area contributed by atoms with Crippen molar-refractivity contribution in [2.75, 3.05) is 0 Å². The Hall–Kier alpha value is -1.28. The second-order valence-corrected chi connectivity index (χ2v) is 3.82. The highest BCUT2D eigenvalue weighted by Crippen LogP contribution is 2.17. The first-order chi connectivity index (χ1) is 6.59. The van der Waals surface area contributed by atoms with E-state index in [9.17, 15) is 4.79 Å². The fraction of sp³-hybridized carbons (Fsp3) is 0.182. The summed E-state index contributed by atoms with van der Waals surface area (Å²) in [6, 6.07) is 7.27.